The lowest BCUT2D eigenvalue weighted by Gasteiger charge is -2.12. The molecule has 0 aliphatic heterocycles. The molecule has 2 rings (SSSR count). The molecule has 2 aromatic rings. The molecule has 0 fully saturated rings. The van der Waals surface area contributed by atoms with E-state index in [0.29, 0.717) is 10.7 Å². The van der Waals surface area contributed by atoms with Crippen LogP contribution in [0.1, 0.15) is 21.7 Å². The number of hydrogen-bond acceptors (Lipinski definition) is 5. The lowest BCUT2D eigenvalue weighted by molar-refractivity contribution is 0.601. The zero-order valence-corrected chi connectivity index (χ0v) is 13.4. The number of rotatable bonds is 3. The van der Waals surface area contributed by atoms with Gasteiger partial charge in [0, 0.05) is 4.88 Å². The third-order valence-electron chi connectivity index (χ3n) is 3.23. The van der Waals surface area contributed by atoms with Crippen LogP contribution in [0.5, 0.6) is 0 Å². The highest BCUT2D eigenvalue weighted by Crippen LogP contribution is 2.29. The Morgan fingerprint density at radius 1 is 1.20 bits per heavy atom. The number of aromatic nitrogens is 1. The van der Waals surface area contributed by atoms with E-state index >= 15 is 0 Å². The Kier molecular flexibility index (Phi) is 3.75. The predicted octanol–water partition coefficient (Wildman–Crippen LogP) is 2.76. The van der Waals surface area contributed by atoms with Crippen molar-refractivity contribution in [2.75, 3.05) is 10.5 Å². The molecule has 5 nitrogen and oxygen atoms in total. The maximum absolute atomic E-state index is 12.5. The van der Waals surface area contributed by atoms with Gasteiger partial charge >= 0.3 is 0 Å². The van der Waals surface area contributed by atoms with Crippen molar-refractivity contribution >= 4 is 32.2 Å². The highest BCUT2D eigenvalue weighted by Gasteiger charge is 2.22. The first-order valence-corrected chi connectivity index (χ1v) is 8.35. The van der Waals surface area contributed by atoms with Gasteiger partial charge in [-0.15, -0.1) is 11.3 Å². The van der Waals surface area contributed by atoms with Crippen molar-refractivity contribution in [2.45, 2.75) is 32.6 Å². The van der Waals surface area contributed by atoms with Crippen LogP contribution in [0.15, 0.2) is 17.0 Å². The van der Waals surface area contributed by atoms with Crippen molar-refractivity contribution in [1.29, 1.82) is 0 Å². The molecule has 0 aliphatic carbocycles. The van der Waals surface area contributed by atoms with Gasteiger partial charge in [0.05, 0.1) is 11.4 Å². The Labute approximate surface area is 122 Å². The first-order valence-electron chi connectivity index (χ1n) is 6.05. The zero-order valence-electron chi connectivity index (χ0n) is 11.8. The monoisotopic (exact) mass is 311 g/mol. The third kappa shape index (κ3) is 2.64. The molecule has 0 saturated heterocycles. The summed E-state index contributed by atoms with van der Waals surface area (Å²) in [4.78, 5) is 5.30. The van der Waals surface area contributed by atoms with Gasteiger partial charge in [0.25, 0.3) is 10.0 Å². The van der Waals surface area contributed by atoms with Crippen LogP contribution in [-0.4, -0.2) is 13.4 Å². The lowest BCUT2D eigenvalue weighted by Crippen LogP contribution is -2.16. The molecular formula is C13H17N3O2S2. The maximum atomic E-state index is 12.5. The molecule has 0 bridgehead atoms. The number of nitrogen functional groups attached to an aromatic ring is 1. The molecule has 1 aromatic carbocycles. The van der Waals surface area contributed by atoms with Crippen LogP contribution in [0.2, 0.25) is 0 Å². The van der Waals surface area contributed by atoms with Crippen LogP contribution in [0.4, 0.5) is 10.8 Å². The molecule has 0 unspecified atom stereocenters. The van der Waals surface area contributed by atoms with Gasteiger partial charge in [0.2, 0.25) is 0 Å². The highest BCUT2D eigenvalue weighted by molar-refractivity contribution is 7.93. The number of hydrogen-bond donors (Lipinski definition) is 2. The summed E-state index contributed by atoms with van der Waals surface area (Å²) in [6, 6.07) is 3.41. The van der Waals surface area contributed by atoms with Crippen molar-refractivity contribution in [3.05, 3.63) is 33.8 Å². The van der Waals surface area contributed by atoms with Gasteiger partial charge in [0.1, 0.15) is 4.90 Å². The summed E-state index contributed by atoms with van der Waals surface area (Å²) in [5.74, 6) is 0. The van der Waals surface area contributed by atoms with E-state index in [1.54, 1.807) is 19.1 Å². The second-order valence-electron chi connectivity index (χ2n) is 4.69. The summed E-state index contributed by atoms with van der Waals surface area (Å²) in [7, 11) is -3.73. The van der Waals surface area contributed by atoms with Gasteiger partial charge < -0.3 is 5.73 Å². The molecule has 0 spiro atoms. The van der Waals surface area contributed by atoms with Crippen molar-refractivity contribution in [1.82, 2.24) is 4.98 Å². The minimum atomic E-state index is -3.73. The number of anilines is 2. The normalized spacial score (nSPS) is 11.6. The Bertz CT molecular complexity index is 745. The minimum Gasteiger partial charge on any atom is -0.398 e. The Morgan fingerprint density at radius 3 is 2.40 bits per heavy atom. The standard InChI is InChI=1S/C13H17N3O2S2/c1-7-5-6-11(14)12(8(7)2)20(17,18)16-13-15-9(3)10(4)19-13/h5-6H,14H2,1-4H3,(H,15,16). The van der Waals surface area contributed by atoms with Crippen LogP contribution in [0.25, 0.3) is 0 Å². The summed E-state index contributed by atoms with van der Waals surface area (Å²) in [5, 5.41) is 0.361. The van der Waals surface area contributed by atoms with Crippen molar-refractivity contribution in [3.8, 4) is 0 Å². The fourth-order valence-corrected chi connectivity index (χ4v) is 4.33. The number of aryl methyl sites for hydroxylation is 3. The van der Waals surface area contributed by atoms with Crippen LogP contribution in [0.3, 0.4) is 0 Å². The summed E-state index contributed by atoms with van der Waals surface area (Å²) in [6.45, 7) is 7.34. The molecule has 20 heavy (non-hydrogen) atoms. The lowest BCUT2D eigenvalue weighted by atomic mass is 10.1. The predicted molar refractivity (Wildman–Crippen MR) is 82.7 cm³/mol. The molecule has 0 radical (unpaired) electrons. The van der Waals surface area contributed by atoms with Crippen LogP contribution in [0, 0.1) is 27.7 Å². The zero-order chi connectivity index (χ0) is 15.1. The second-order valence-corrected chi connectivity index (χ2v) is 7.51. The van der Waals surface area contributed by atoms with Gasteiger partial charge in [-0.05, 0) is 44.9 Å². The largest absolute Gasteiger partial charge is 0.398 e. The average molecular weight is 311 g/mol. The molecule has 0 saturated carbocycles. The number of sulfonamides is 1. The fraction of sp³-hybridized carbons (Fsp3) is 0.308. The Morgan fingerprint density at radius 2 is 1.85 bits per heavy atom. The molecule has 0 atom stereocenters. The SMILES string of the molecule is Cc1ccc(N)c(S(=O)(=O)Nc2nc(C)c(C)s2)c1C. The Hall–Kier alpha value is -1.60. The average Bonchev–Trinajstić information content (AvgIpc) is 2.62. The quantitative estimate of drug-likeness (QED) is 0.854. The van der Waals surface area contributed by atoms with E-state index in [0.717, 1.165) is 16.1 Å². The number of nitrogens with one attached hydrogen (secondary N) is 1. The van der Waals surface area contributed by atoms with Gasteiger partial charge in [-0.25, -0.2) is 13.4 Å². The van der Waals surface area contributed by atoms with E-state index in [9.17, 15) is 8.42 Å². The molecule has 7 heteroatoms. The van der Waals surface area contributed by atoms with Gasteiger partial charge in [-0.3, -0.25) is 4.72 Å². The summed E-state index contributed by atoms with van der Waals surface area (Å²) >= 11 is 1.31. The van der Waals surface area contributed by atoms with E-state index < -0.39 is 10.0 Å². The van der Waals surface area contributed by atoms with E-state index in [4.69, 9.17) is 5.73 Å². The first kappa shape index (κ1) is 14.8. The molecule has 1 aromatic heterocycles. The molecule has 1 heterocycles. The molecule has 0 aliphatic rings. The highest BCUT2D eigenvalue weighted by atomic mass is 32.2. The summed E-state index contributed by atoms with van der Waals surface area (Å²) in [6.07, 6.45) is 0. The van der Waals surface area contributed by atoms with Crippen LogP contribution in [-0.2, 0) is 10.0 Å². The molecule has 0 amide bonds. The van der Waals surface area contributed by atoms with Crippen molar-refractivity contribution in [2.24, 2.45) is 0 Å². The van der Waals surface area contributed by atoms with E-state index in [2.05, 4.69) is 9.71 Å². The second kappa shape index (κ2) is 5.06. The van der Waals surface area contributed by atoms with Gasteiger partial charge in [0.15, 0.2) is 5.13 Å². The smallest absolute Gasteiger partial charge is 0.265 e. The summed E-state index contributed by atoms with van der Waals surface area (Å²) < 4.78 is 27.5. The van der Waals surface area contributed by atoms with Gasteiger partial charge in [-0.2, -0.15) is 0 Å². The third-order valence-corrected chi connectivity index (χ3v) is 5.89. The van der Waals surface area contributed by atoms with Crippen molar-refractivity contribution in [3.63, 3.8) is 0 Å². The fourth-order valence-electron chi connectivity index (χ4n) is 1.85. The van der Waals surface area contributed by atoms with E-state index in [1.807, 2.05) is 20.8 Å². The number of nitrogens with zero attached hydrogens (tertiary/aromatic N) is 1. The maximum Gasteiger partial charge on any atom is 0.265 e. The van der Waals surface area contributed by atoms with Crippen LogP contribution < -0.4 is 10.5 Å². The first-order chi connectivity index (χ1) is 9.22. The minimum absolute atomic E-state index is 0.128. The number of thiazole rings is 1. The molecular weight excluding hydrogens is 294 g/mol. The van der Waals surface area contributed by atoms with Crippen LogP contribution >= 0.6 is 11.3 Å². The van der Waals surface area contributed by atoms with E-state index in [-0.39, 0.29) is 10.6 Å². The number of nitrogens with two attached hydrogens (primary N) is 1. The van der Waals surface area contributed by atoms with E-state index in [1.165, 1.54) is 11.3 Å². The van der Waals surface area contributed by atoms with Gasteiger partial charge in [-0.1, -0.05) is 6.07 Å². The Balaban J connectivity index is 2.48. The number of benzene rings is 1. The molecule has 108 valence electrons. The molecule has 3 N–H and O–H groups in total. The van der Waals surface area contributed by atoms with Crippen molar-refractivity contribution < 1.29 is 8.42 Å². The topological polar surface area (TPSA) is 85.1 Å². The summed E-state index contributed by atoms with van der Waals surface area (Å²) in [5.41, 5.74) is 8.43.